The average Bonchev–Trinajstić information content (AvgIpc) is 2.80. The molecule has 0 radical (unpaired) electrons. The number of aryl methyl sites for hydroxylation is 1. The van der Waals surface area contributed by atoms with Crippen LogP contribution < -0.4 is 10.2 Å². The van der Waals surface area contributed by atoms with Crippen LogP contribution >= 0.6 is 43.2 Å². The fraction of sp³-hybridized carbons (Fsp3) is 0.231. The molecule has 0 saturated heterocycles. The van der Waals surface area contributed by atoms with Gasteiger partial charge in [0.15, 0.2) is 0 Å². The van der Waals surface area contributed by atoms with E-state index in [0.717, 1.165) is 31.1 Å². The summed E-state index contributed by atoms with van der Waals surface area (Å²) < 4.78 is 7.32. The molecule has 0 amide bonds. The van der Waals surface area contributed by atoms with Gasteiger partial charge in [-0.3, -0.25) is 5.43 Å². The van der Waals surface area contributed by atoms with Gasteiger partial charge in [-0.05, 0) is 63.4 Å². The maximum atomic E-state index is 5.54. The van der Waals surface area contributed by atoms with Gasteiger partial charge in [-0.2, -0.15) is 5.10 Å². The highest BCUT2D eigenvalue weighted by Crippen LogP contribution is 2.34. The largest absolute Gasteiger partial charge is 0.492 e. The minimum Gasteiger partial charge on any atom is -0.492 e. The molecule has 1 aromatic heterocycles. The van der Waals surface area contributed by atoms with Gasteiger partial charge < -0.3 is 4.74 Å². The third-order valence-electron chi connectivity index (χ3n) is 2.30. The normalized spacial score (nSPS) is 11.0. The fourth-order valence-corrected chi connectivity index (χ4v) is 3.59. The molecule has 0 aliphatic rings. The number of rotatable bonds is 5. The molecule has 1 heterocycles. The molecule has 2 aromatic rings. The van der Waals surface area contributed by atoms with Crippen molar-refractivity contribution in [3.05, 3.63) is 37.7 Å². The first kappa shape index (κ1) is 15.5. The molecule has 0 atom stereocenters. The number of nitrogens with zero attached hydrogens (tertiary/aromatic N) is 2. The summed E-state index contributed by atoms with van der Waals surface area (Å²) in [4.78, 5) is 4.27. The van der Waals surface area contributed by atoms with Crippen molar-refractivity contribution in [2.24, 2.45) is 5.10 Å². The number of hydrogen-bond donors (Lipinski definition) is 1. The highest BCUT2D eigenvalue weighted by atomic mass is 79.9. The number of thiazole rings is 1. The van der Waals surface area contributed by atoms with Crippen LogP contribution in [0.2, 0.25) is 0 Å². The predicted octanol–water partition coefficient (Wildman–Crippen LogP) is 4.82. The average molecular weight is 419 g/mol. The van der Waals surface area contributed by atoms with Crippen molar-refractivity contribution < 1.29 is 4.74 Å². The second-order valence-corrected chi connectivity index (χ2v) is 6.48. The number of hydrogen-bond acceptors (Lipinski definition) is 5. The van der Waals surface area contributed by atoms with E-state index >= 15 is 0 Å². The molecule has 7 heteroatoms. The SMILES string of the molecule is CCOc1c(Br)cc(/C=N\Nc2nc(C)cs2)cc1Br. The van der Waals surface area contributed by atoms with Crippen molar-refractivity contribution in [1.82, 2.24) is 4.98 Å². The molecule has 0 unspecified atom stereocenters. The number of aromatic nitrogens is 1. The van der Waals surface area contributed by atoms with Gasteiger partial charge in [-0.1, -0.05) is 0 Å². The van der Waals surface area contributed by atoms with Crippen LogP contribution in [0.3, 0.4) is 0 Å². The Morgan fingerprint density at radius 3 is 2.65 bits per heavy atom. The second-order valence-electron chi connectivity index (χ2n) is 3.91. The van der Waals surface area contributed by atoms with Crippen LogP contribution in [0.4, 0.5) is 5.13 Å². The molecule has 0 bridgehead atoms. The second kappa shape index (κ2) is 7.19. The van der Waals surface area contributed by atoms with Gasteiger partial charge in [0.1, 0.15) is 5.75 Å². The first-order valence-electron chi connectivity index (χ1n) is 5.93. The lowest BCUT2D eigenvalue weighted by Gasteiger charge is -2.09. The van der Waals surface area contributed by atoms with Crippen LogP contribution in [0.15, 0.2) is 31.6 Å². The summed E-state index contributed by atoms with van der Waals surface area (Å²) in [5.41, 5.74) is 4.84. The van der Waals surface area contributed by atoms with Crippen LogP contribution in [0, 0.1) is 6.92 Å². The summed E-state index contributed by atoms with van der Waals surface area (Å²) in [5, 5.41) is 6.93. The fourth-order valence-electron chi connectivity index (χ4n) is 1.50. The van der Waals surface area contributed by atoms with E-state index in [9.17, 15) is 0 Å². The highest BCUT2D eigenvalue weighted by molar-refractivity contribution is 9.11. The maximum absolute atomic E-state index is 5.54. The zero-order valence-corrected chi connectivity index (χ0v) is 15.0. The molecule has 20 heavy (non-hydrogen) atoms. The number of ether oxygens (including phenoxy) is 1. The van der Waals surface area contributed by atoms with Crippen molar-refractivity contribution in [2.75, 3.05) is 12.0 Å². The number of hydrazone groups is 1. The van der Waals surface area contributed by atoms with Gasteiger partial charge in [0, 0.05) is 5.38 Å². The lowest BCUT2D eigenvalue weighted by Crippen LogP contribution is -1.95. The van der Waals surface area contributed by atoms with E-state index in [1.165, 1.54) is 11.3 Å². The quantitative estimate of drug-likeness (QED) is 0.559. The Bertz CT molecular complexity index is 605. The Morgan fingerprint density at radius 2 is 2.10 bits per heavy atom. The Balaban J connectivity index is 2.09. The third kappa shape index (κ3) is 4.04. The van der Waals surface area contributed by atoms with Crippen molar-refractivity contribution in [2.45, 2.75) is 13.8 Å². The lowest BCUT2D eigenvalue weighted by molar-refractivity contribution is 0.336. The number of nitrogens with one attached hydrogen (secondary N) is 1. The van der Waals surface area contributed by atoms with Gasteiger partial charge >= 0.3 is 0 Å². The lowest BCUT2D eigenvalue weighted by atomic mass is 10.2. The van der Waals surface area contributed by atoms with E-state index in [-0.39, 0.29) is 0 Å². The molecular formula is C13H13Br2N3OS. The maximum Gasteiger partial charge on any atom is 0.203 e. The molecule has 1 aromatic carbocycles. The molecule has 4 nitrogen and oxygen atoms in total. The van der Waals surface area contributed by atoms with Crippen LogP contribution in [-0.4, -0.2) is 17.8 Å². The molecule has 0 fully saturated rings. The van der Waals surface area contributed by atoms with E-state index in [1.807, 2.05) is 31.4 Å². The molecule has 2 rings (SSSR count). The van der Waals surface area contributed by atoms with Crippen molar-refractivity contribution >= 4 is 54.5 Å². The molecule has 106 valence electrons. The van der Waals surface area contributed by atoms with Gasteiger partial charge in [0.2, 0.25) is 5.13 Å². The summed E-state index contributed by atoms with van der Waals surface area (Å²) in [6, 6.07) is 3.90. The Labute approximate surface area is 138 Å². The molecular weight excluding hydrogens is 406 g/mol. The zero-order valence-electron chi connectivity index (χ0n) is 11.0. The Hall–Kier alpha value is -0.920. The number of benzene rings is 1. The van der Waals surface area contributed by atoms with Gasteiger partial charge in [-0.25, -0.2) is 4.98 Å². The van der Waals surface area contributed by atoms with Crippen molar-refractivity contribution in [3.63, 3.8) is 0 Å². The minimum absolute atomic E-state index is 0.621. The van der Waals surface area contributed by atoms with Crippen LogP contribution in [0.5, 0.6) is 5.75 Å². The first-order valence-corrected chi connectivity index (χ1v) is 8.39. The predicted molar refractivity (Wildman–Crippen MR) is 91.1 cm³/mol. The van der Waals surface area contributed by atoms with Crippen molar-refractivity contribution in [3.8, 4) is 5.75 Å². The Kier molecular flexibility index (Phi) is 5.56. The Morgan fingerprint density at radius 1 is 1.40 bits per heavy atom. The molecule has 0 aliphatic heterocycles. The molecule has 1 N–H and O–H groups in total. The monoisotopic (exact) mass is 417 g/mol. The topological polar surface area (TPSA) is 46.5 Å². The van der Waals surface area contributed by atoms with E-state index in [0.29, 0.717) is 6.61 Å². The summed E-state index contributed by atoms with van der Waals surface area (Å²) in [5.74, 6) is 0.799. The smallest absolute Gasteiger partial charge is 0.203 e. The van der Waals surface area contributed by atoms with Gasteiger partial charge in [0.05, 0.1) is 27.5 Å². The van der Waals surface area contributed by atoms with E-state index < -0.39 is 0 Å². The summed E-state index contributed by atoms with van der Waals surface area (Å²) in [6.07, 6.45) is 1.74. The molecule has 0 spiro atoms. The third-order valence-corrected chi connectivity index (χ3v) is 4.34. The highest BCUT2D eigenvalue weighted by Gasteiger charge is 2.07. The molecule has 0 saturated carbocycles. The summed E-state index contributed by atoms with van der Waals surface area (Å²) in [6.45, 7) is 4.52. The van der Waals surface area contributed by atoms with Crippen molar-refractivity contribution in [1.29, 1.82) is 0 Å². The first-order chi connectivity index (χ1) is 9.60. The van der Waals surface area contributed by atoms with Gasteiger partial charge in [0.25, 0.3) is 0 Å². The van der Waals surface area contributed by atoms with Gasteiger partial charge in [-0.15, -0.1) is 11.3 Å². The number of halogens is 2. The molecule has 0 aliphatic carbocycles. The number of anilines is 1. The summed E-state index contributed by atoms with van der Waals surface area (Å²) in [7, 11) is 0. The van der Waals surface area contributed by atoms with Crippen LogP contribution in [-0.2, 0) is 0 Å². The van der Waals surface area contributed by atoms with E-state index in [2.05, 4.69) is 47.4 Å². The zero-order chi connectivity index (χ0) is 14.5. The van der Waals surface area contributed by atoms with E-state index in [1.54, 1.807) is 6.21 Å². The van der Waals surface area contributed by atoms with Crippen LogP contribution in [0.25, 0.3) is 0 Å². The summed E-state index contributed by atoms with van der Waals surface area (Å²) >= 11 is 8.51. The van der Waals surface area contributed by atoms with Crippen LogP contribution in [0.1, 0.15) is 18.2 Å². The minimum atomic E-state index is 0.621. The van der Waals surface area contributed by atoms with E-state index in [4.69, 9.17) is 4.74 Å². The standard InChI is InChI=1S/C13H13Br2N3OS/c1-3-19-12-10(14)4-9(5-11(12)15)6-16-18-13-17-8(2)7-20-13/h4-7H,3H2,1-2H3,(H,17,18)/b16-6-.